The van der Waals surface area contributed by atoms with E-state index < -0.39 is 0 Å². The highest BCUT2D eigenvalue weighted by molar-refractivity contribution is 9.10. The Balaban J connectivity index is 2.14. The third-order valence-corrected chi connectivity index (χ3v) is 3.40. The Morgan fingerprint density at radius 2 is 2.21 bits per heavy atom. The van der Waals surface area contributed by atoms with Gasteiger partial charge in [0.25, 0.3) is 0 Å². The van der Waals surface area contributed by atoms with Gasteiger partial charge in [-0.15, -0.1) is 0 Å². The summed E-state index contributed by atoms with van der Waals surface area (Å²) < 4.78 is 1.11. The lowest BCUT2D eigenvalue weighted by Crippen LogP contribution is -2.25. The molecule has 1 N–H and O–H groups in total. The predicted molar refractivity (Wildman–Crippen MR) is 80.9 cm³/mol. The summed E-state index contributed by atoms with van der Waals surface area (Å²) in [6.45, 7) is 3.15. The minimum Gasteiger partial charge on any atom is -0.308 e. The molecule has 1 aromatic carbocycles. The Hall–Kier alpha value is -1.26. The van der Waals surface area contributed by atoms with E-state index in [9.17, 15) is 0 Å². The van der Waals surface area contributed by atoms with E-state index in [0.717, 1.165) is 29.6 Å². The maximum Gasteiger partial charge on any atom is 0.0759 e. The molecule has 0 spiro atoms. The molecule has 19 heavy (non-hydrogen) atoms. The molecule has 2 aromatic rings. The number of nitrogens with one attached hydrogen (secondary N) is 1. The maximum atomic E-state index is 4.41. The van der Waals surface area contributed by atoms with Crippen molar-refractivity contribution in [1.29, 1.82) is 0 Å². The minimum atomic E-state index is 0.211. The van der Waals surface area contributed by atoms with E-state index in [2.05, 4.69) is 56.3 Å². The maximum absolute atomic E-state index is 4.41. The average molecular weight is 320 g/mol. The Labute approximate surface area is 122 Å². The summed E-state index contributed by atoms with van der Waals surface area (Å²) in [6.07, 6.45) is 7.31. The van der Waals surface area contributed by atoms with Gasteiger partial charge >= 0.3 is 0 Å². The second kappa shape index (κ2) is 7.36. The van der Waals surface area contributed by atoms with Gasteiger partial charge in [-0.1, -0.05) is 35.0 Å². The van der Waals surface area contributed by atoms with Gasteiger partial charge < -0.3 is 5.32 Å². The van der Waals surface area contributed by atoms with Crippen molar-refractivity contribution in [3.8, 4) is 0 Å². The van der Waals surface area contributed by atoms with Gasteiger partial charge in [0.05, 0.1) is 11.7 Å². The number of benzene rings is 1. The molecule has 0 saturated heterocycles. The first-order valence-corrected chi connectivity index (χ1v) is 7.32. The lowest BCUT2D eigenvalue weighted by atomic mass is 10.0. The van der Waals surface area contributed by atoms with Crippen LogP contribution >= 0.6 is 15.9 Å². The molecule has 0 amide bonds. The highest BCUT2D eigenvalue weighted by Gasteiger charge is 2.13. The van der Waals surface area contributed by atoms with E-state index in [1.165, 1.54) is 5.56 Å². The molecule has 3 nitrogen and oxygen atoms in total. The molecule has 1 aromatic heterocycles. The lowest BCUT2D eigenvalue weighted by molar-refractivity contribution is 0.516. The Morgan fingerprint density at radius 3 is 2.89 bits per heavy atom. The number of rotatable bonds is 6. The van der Waals surface area contributed by atoms with Crippen LogP contribution in [0.1, 0.15) is 30.6 Å². The van der Waals surface area contributed by atoms with Gasteiger partial charge in [-0.05, 0) is 37.1 Å². The van der Waals surface area contributed by atoms with Crippen LogP contribution in [0.5, 0.6) is 0 Å². The lowest BCUT2D eigenvalue weighted by Gasteiger charge is -2.17. The van der Waals surface area contributed by atoms with Gasteiger partial charge in [-0.3, -0.25) is 9.97 Å². The van der Waals surface area contributed by atoms with Crippen molar-refractivity contribution >= 4 is 15.9 Å². The number of halogens is 1. The fourth-order valence-corrected chi connectivity index (χ4v) is 2.44. The van der Waals surface area contributed by atoms with Gasteiger partial charge in [0.1, 0.15) is 0 Å². The number of nitrogens with zero attached hydrogens (tertiary/aromatic N) is 2. The van der Waals surface area contributed by atoms with Crippen molar-refractivity contribution in [2.75, 3.05) is 6.54 Å². The Bertz CT molecular complexity index is 502. The fraction of sp³-hybridized carbons (Fsp3) is 0.333. The largest absolute Gasteiger partial charge is 0.308 e. The van der Waals surface area contributed by atoms with Gasteiger partial charge in [0.2, 0.25) is 0 Å². The molecule has 0 aliphatic carbocycles. The first-order valence-electron chi connectivity index (χ1n) is 6.53. The molecule has 0 aliphatic heterocycles. The second-order valence-corrected chi connectivity index (χ2v) is 5.39. The van der Waals surface area contributed by atoms with Crippen LogP contribution in [0.15, 0.2) is 47.3 Å². The fourth-order valence-electron chi connectivity index (χ4n) is 1.99. The predicted octanol–water partition coefficient (Wildman–Crippen LogP) is 3.52. The minimum absolute atomic E-state index is 0.211. The molecule has 4 heteroatoms. The van der Waals surface area contributed by atoms with E-state index in [-0.39, 0.29) is 6.04 Å². The molecule has 100 valence electrons. The molecule has 0 aliphatic rings. The normalized spacial score (nSPS) is 12.3. The monoisotopic (exact) mass is 319 g/mol. The summed E-state index contributed by atoms with van der Waals surface area (Å²) in [6, 6.07) is 8.61. The van der Waals surface area contributed by atoms with Crippen molar-refractivity contribution in [3.05, 3.63) is 58.6 Å². The van der Waals surface area contributed by atoms with Crippen molar-refractivity contribution in [1.82, 2.24) is 15.3 Å². The molecule has 1 heterocycles. The van der Waals surface area contributed by atoms with Gasteiger partial charge in [0, 0.05) is 23.1 Å². The highest BCUT2D eigenvalue weighted by atomic mass is 79.9. The second-order valence-electron chi connectivity index (χ2n) is 4.47. The average Bonchev–Trinajstić information content (AvgIpc) is 2.44. The van der Waals surface area contributed by atoms with Gasteiger partial charge in [0.15, 0.2) is 0 Å². The van der Waals surface area contributed by atoms with Crippen LogP contribution in [0.25, 0.3) is 0 Å². The van der Waals surface area contributed by atoms with Crippen molar-refractivity contribution in [2.45, 2.75) is 25.8 Å². The van der Waals surface area contributed by atoms with Crippen molar-refractivity contribution in [2.24, 2.45) is 0 Å². The molecule has 1 atom stereocenters. The summed E-state index contributed by atoms with van der Waals surface area (Å²) in [4.78, 5) is 8.57. The van der Waals surface area contributed by atoms with Crippen molar-refractivity contribution in [3.63, 3.8) is 0 Å². The van der Waals surface area contributed by atoms with E-state index in [0.29, 0.717) is 0 Å². The number of hydrogen-bond donors (Lipinski definition) is 1. The van der Waals surface area contributed by atoms with Crippen molar-refractivity contribution < 1.29 is 0 Å². The number of aromatic nitrogens is 2. The Kier molecular flexibility index (Phi) is 5.48. The zero-order chi connectivity index (χ0) is 13.5. The van der Waals surface area contributed by atoms with Crippen LogP contribution in [0.4, 0.5) is 0 Å². The molecule has 0 fully saturated rings. The number of hydrogen-bond acceptors (Lipinski definition) is 3. The van der Waals surface area contributed by atoms with Crippen LogP contribution < -0.4 is 5.32 Å². The van der Waals surface area contributed by atoms with Gasteiger partial charge in [-0.25, -0.2) is 0 Å². The Morgan fingerprint density at radius 1 is 1.32 bits per heavy atom. The van der Waals surface area contributed by atoms with Crippen LogP contribution in [-0.4, -0.2) is 16.5 Å². The quantitative estimate of drug-likeness (QED) is 0.885. The molecular weight excluding hydrogens is 302 g/mol. The first-order chi connectivity index (χ1) is 9.29. The van der Waals surface area contributed by atoms with E-state index in [1.54, 1.807) is 12.4 Å². The topological polar surface area (TPSA) is 37.8 Å². The van der Waals surface area contributed by atoms with Crippen LogP contribution in [-0.2, 0) is 6.42 Å². The smallest absolute Gasteiger partial charge is 0.0759 e. The summed E-state index contributed by atoms with van der Waals surface area (Å²) in [5.41, 5.74) is 2.28. The first kappa shape index (κ1) is 14.2. The summed E-state index contributed by atoms with van der Waals surface area (Å²) in [7, 11) is 0. The third kappa shape index (κ3) is 4.40. The van der Waals surface area contributed by atoms with Crippen LogP contribution in [0.3, 0.4) is 0 Å². The zero-order valence-corrected chi connectivity index (χ0v) is 12.6. The molecule has 1 unspecified atom stereocenters. The SMILES string of the molecule is CCCNC(Cc1cccc(Br)c1)c1cnccn1. The summed E-state index contributed by atoms with van der Waals surface area (Å²) in [5, 5.41) is 3.54. The zero-order valence-electron chi connectivity index (χ0n) is 11.0. The molecule has 0 radical (unpaired) electrons. The summed E-state index contributed by atoms with van der Waals surface area (Å²) >= 11 is 3.51. The molecular formula is C15H18BrN3. The summed E-state index contributed by atoms with van der Waals surface area (Å²) in [5.74, 6) is 0. The van der Waals surface area contributed by atoms with Crippen LogP contribution in [0, 0.1) is 0 Å². The molecule has 2 rings (SSSR count). The molecule has 0 bridgehead atoms. The standard InChI is InChI=1S/C15H18BrN3/c1-2-6-18-14(15-11-17-7-8-19-15)10-12-4-3-5-13(16)9-12/h3-5,7-9,11,14,18H,2,6,10H2,1H3. The molecule has 0 saturated carbocycles. The highest BCUT2D eigenvalue weighted by Crippen LogP contribution is 2.19. The third-order valence-electron chi connectivity index (χ3n) is 2.91. The van der Waals surface area contributed by atoms with E-state index in [4.69, 9.17) is 0 Å². The van der Waals surface area contributed by atoms with E-state index in [1.807, 2.05) is 12.3 Å². The van der Waals surface area contributed by atoms with E-state index >= 15 is 0 Å². The van der Waals surface area contributed by atoms with Crippen LogP contribution in [0.2, 0.25) is 0 Å². The van der Waals surface area contributed by atoms with Gasteiger partial charge in [-0.2, -0.15) is 0 Å².